The minimum absolute atomic E-state index is 0.361. The highest BCUT2D eigenvalue weighted by Crippen LogP contribution is 2.29. The van der Waals surface area contributed by atoms with Gasteiger partial charge < -0.3 is 4.74 Å². The van der Waals surface area contributed by atoms with Crippen molar-refractivity contribution < 1.29 is 22.8 Å². The van der Waals surface area contributed by atoms with Gasteiger partial charge in [-0.15, -0.1) is 0 Å². The van der Waals surface area contributed by atoms with Gasteiger partial charge >= 0.3 is 5.69 Å². The van der Waals surface area contributed by atoms with Crippen molar-refractivity contribution in [3.8, 4) is 11.6 Å². The third-order valence-electron chi connectivity index (χ3n) is 2.02. The molecule has 9 heteroatoms. The third kappa shape index (κ3) is 2.76. The molecule has 0 aliphatic heterocycles. The maximum Gasteiger partial charge on any atom is 0.307 e. The second-order valence-electron chi connectivity index (χ2n) is 3.27. The molecule has 2 rings (SSSR count). The molecule has 0 spiro atoms. The van der Waals surface area contributed by atoms with E-state index in [1.165, 1.54) is 0 Å². The molecule has 0 N–H and O–H groups in total. The predicted octanol–water partition coefficient (Wildman–Crippen LogP) is 2.59. The Morgan fingerprint density at radius 3 is 2.47 bits per heavy atom. The number of rotatable bonds is 3. The molecular weight excluding hydrogens is 267 g/mol. The summed E-state index contributed by atoms with van der Waals surface area (Å²) < 4.78 is 44.2. The SMILES string of the molecule is O=[N+]([O-])c1cc(F)c(Oc2cc(F)ncn2)cc1F. The molecule has 2 aromatic rings. The third-order valence-corrected chi connectivity index (χ3v) is 2.02. The van der Waals surface area contributed by atoms with E-state index in [0.29, 0.717) is 12.1 Å². The van der Waals surface area contributed by atoms with Crippen molar-refractivity contribution in [1.82, 2.24) is 9.97 Å². The number of nitro groups is 1. The number of benzene rings is 1. The number of hydrogen-bond donors (Lipinski definition) is 0. The van der Waals surface area contributed by atoms with Crippen LogP contribution in [0.4, 0.5) is 18.9 Å². The topological polar surface area (TPSA) is 78.2 Å². The molecule has 1 aromatic carbocycles. The quantitative estimate of drug-likeness (QED) is 0.487. The largest absolute Gasteiger partial charge is 0.436 e. The van der Waals surface area contributed by atoms with Crippen molar-refractivity contribution in [1.29, 1.82) is 0 Å². The summed E-state index contributed by atoms with van der Waals surface area (Å²) in [4.78, 5) is 15.9. The van der Waals surface area contributed by atoms with Crippen LogP contribution in [0.3, 0.4) is 0 Å². The van der Waals surface area contributed by atoms with E-state index in [4.69, 9.17) is 4.74 Å². The van der Waals surface area contributed by atoms with E-state index in [2.05, 4.69) is 9.97 Å². The van der Waals surface area contributed by atoms with Crippen LogP contribution in [-0.2, 0) is 0 Å². The summed E-state index contributed by atoms with van der Waals surface area (Å²) >= 11 is 0. The molecule has 0 fully saturated rings. The minimum Gasteiger partial charge on any atom is -0.436 e. The highest BCUT2D eigenvalue weighted by atomic mass is 19.1. The molecule has 0 radical (unpaired) electrons. The lowest BCUT2D eigenvalue weighted by atomic mass is 10.3. The van der Waals surface area contributed by atoms with Gasteiger partial charge in [0.2, 0.25) is 17.6 Å². The fraction of sp³-hybridized carbons (Fsp3) is 0. The van der Waals surface area contributed by atoms with Crippen molar-refractivity contribution in [3.05, 3.63) is 52.2 Å². The second kappa shape index (κ2) is 4.88. The first-order chi connectivity index (χ1) is 8.97. The Morgan fingerprint density at radius 1 is 1.11 bits per heavy atom. The van der Waals surface area contributed by atoms with Crippen LogP contribution in [0.1, 0.15) is 0 Å². The van der Waals surface area contributed by atoms with Crippen molar-refractivity contribution in [2.24, 2.45) is 0 Å². The molecule has 0 bridgehead atoms. The number of hydrogen-bond acceptors (Lipinski definition) is 5. The first kappa shape index (κ1) is 12.7. The number of halogens is 3. The lowest BCUT2D eigenvalue weighted by Gasteiger charge is -2.05. The van der Waals surface area contributed by atoms with Gasteiger partial charge in [0, 0.05) is 6.07 Å². The van der Waals surface area contributed by atoms with Gasteiger partial charge in [-0.25, -0.2) is 14.4 Å². The standard InChI is InChI=1S/C10H4F3N3O3/c11-5-2-8(6(12)1-7(5)16(17)18)19-10-3-9(13)14-4-15-10/h1-4H. The molecule has 0 aliphatic carbocycles. The van der Waals surface area contributed by atoms with Gasteiger partial charge in [-0.1, -0.05) is 0 Å². The van der Waals surface area contributed by atoms with Crippen LogP contribution >= 0.6 is 0 Å². The lowest BCUT2D eigenvalue weighted by Crippen LogP contribution is -1.98. The number of nitro benzene ring substituents is 1. The fourth-order valence-electron chi connectivity index (χ4n) is 1.22. The van der Waals surface area contributed by atoms with Gasteiger partial charge in [-0.2, -0.15) is 8.78 Å². The lowest BCUT2D eigenvalue weighted by molar-refractivity contribution is -0.387. The van der Waals surface area contributed by atoms with Crippen LogP contribution in [0.2, 0.25) is 0 Å². The highest BCUT2D eigenvalue weighted by molar-refractivity contribution is 5.40. The van der Waals surface area contributed by atoms with Crippen LogP contribution in [0.5, 0.6) is 11.6 Å². The Kier molecular flexibility index (Phi) is 3.27. The molecular formula is C10H4F3N3O3. The predicted molar refractivity (Wildman–Crippen MR) is 55.1 cm³/mol. The normalized spacial score (nSPS) is 10.3. The van der Waals surface area contributed by atoms with Crippen LogP contribution < -0.4 is 4.74 Å². The smallest absolute Gasteiger partial charge is 0.307 e. The number of nitrogens with zero attached hydrogens (tertiary/aromatic N) is 3. The van der Waals surface area contributed by atoms with E-state index >= 15 is 0 Å². The molecule has 0 atom stereocenters. The van der Waals surface area contributed by atoms with Gasteiger partial charge in [0.25, 0.3) is 0 Å². The highest BCUT2D eigenvalue weighted by Gasteiger charge is 2.20. The monoisotopic (exact) mass is 271 g/mol. The average Bonchev–Trinajstić information content (AvgIpc) is 2.33. The maximum absolute atomic E-state index is 13.4. The molecule has 19 heavy (non-hydrogen) atoms. The van der Waals surface area contributed by atoms with Crippen LogP contribution in [0.25, 0.3) is 0 Å². The van der Waals surface area contributed by atoms with Crippen LogP contribution in [0, 0.1) is 27.7 Å². The Labute approximate surface area is 103 Å². The minimum atomic E-state index is -1.28. The molecule has 0 amide bonds. The molecule has 0 saturated carbocycles. The van der Waals surface area contributed by atoms with E-state index in [9.17, 15) is 23.3 Å². The van der Waals surface area contributed by atoms with Gasteiger partial charge in [0.1, 0.15) is 6.33 Å². The maximum atomic E-state index is 13.4. The van der Waals surface area contributed by atoms with E-state index in [-0.39, 0.29) is 5.88 Å². The van der Waals surface area contributed by atoms with Gasteiger partial charge in [-0.3, -0.25) is 10.1 Å². The average molecular weight is 271 g/mol. The van der Waals surface area contributed by atoms with Gasteiger partial charge in [0.05, 0.1) is 17.1 Å². The Morgan fingerprint density at radius 2 is 1.84 bits per heavy atom. The Bertz CT molecular complexity index is 651. The van der Waals surface area contributed by atoms with Crippen molar-refractivity contribution >= 4 is 5.69 Å². The summed E-state index contributed by atoms with van der Waals surface area (Å²) in [5.41, 5.74) is -1.03. The first-order valence-electron chi connectivity index (χ1n) is 4.76. The summed E-state index contributed by atoms with van der Waals surface area (Å²) in [5, 5.41) is 10.4. The summed E-state index contributed by atoms with van der Waals surface area (Å²) in [5.74, 6) is -4.39. The number of ether oxygens (including phenoxy) is 1. The zero-order valence-electron chi connectivity index (χ0n) is 9.01. The molecule has 1 heterocycles. The van der Waals surface area contributed by atoms with Crippen LogP contribution in [-0.4, -0.2) is 14.9 Å². The van der Waals surface area contributed by atoms with E-state index in [1.54, 1.807) is 0 Å². The first-order valence-corrected chi connectivity index (χ1v) is 4.76. The molecule has 0 aliphatic rings. The zero-order chi connectivity index (χ0) is 14.0. The molecule has 98 valence electrons. The van der Waals surface area contributed by atoms with Gasteiger partial charge in [0.15, 0.2) is 11.6 Å². The summed E-state index contributed by atoms with van der Waals surface area (Å²) in [7, 11) is 0. The van der Waals surface area contributed by atoms with Crippen LogP contribution in [0.15, 0.2) is 24.5 Å². The van der Waals surface area contributed by atoms with E-state index < -0.39 is 33.9 Å². The fourth-order valence-corrected chi connectivity index (χ4v) is 1.22. The molecule has 0 unspecified atom stereocenters. The summed E-state index contributed by atoms with van der Waals surface area (Å²) in [6.45, 7) is 0. The Balaban J connectivity index is 2.36. The van der Waals surface area contributed by atoms with Gasteiger partial charge in [-0.05, 0) is 0 Å². The molecule has 0 saturated heterocycles. The second-order valence-corrected chi connectivity index (χ2v) is 3.27. The zero-order valence-corrected chi connectivity index (χ0v) is 9.01. The van der Waals surface area contributed by atoms with Crippen molar-refractivity contribution in [2.75, 3.05) is 0 Å². The summed E-state index contributed by atoms with van der Waals surface area (Å²) in [6, 6.07) is 1.59. The van der Waals surface area contributed by atoms with E-state index in [0.717, 1.165) is 12.4 Å². The van der Waals surface area contributed by atoms with E-state index in [1.807, 2.05) is 0 Å². The molecule has 6 nitrogen and oxygen atoms in total. The Hall–Kier alpha value is -2.71. The molecule has 1 aromatic heterocycles. The van der Waals surface area contributed by atoms with Crippen molar-refractivity contribution in [2.45, 2.75) is 0 Å². The van der Waals surface area contributed by atoms with Crippen molar-refractivity contribution in [3.63, 3.8) is 0 Å². The number of aromatic nitrogens is 2. The summed E-state index contributed by atoms with van der Waals surface area (Å²) in [6.07, 6.45) is 0.824.